The number of hydrogen-bond acceptors (Lipinski definition) is 7. The van der Waals surface area contributed by atoms with Crippen LogP contribution in [-0.2, 0) is 34.9 Å². The molecule has 4 heterocycles. The summed E-state index contributed by atoms with van der Waals surface area (Å²) >= 11 is 0. The van der Waals surface area contributed by atoms with E-state index >= 15 is 0 Å². The summed E-state index contributed by atoms with van der Waals surface area (Å²) in [6.07, 6.45) is 17.5. The third kappa shape index (κ3) is 9.54. The highest BCUT2D eigenvalue weighted by Crippen LogP contribution is 2.64. The summed E-state index contributed by atoms with van der Waals surface area (Å²) in [5.41, 5.74) is 11.8. The van der Waals surface area contributed by atoms with E-state index in [-0.39, 0.29) is 11.9 Å². The zero-order valence-electron chi connectivity index (χ0n) is 35.1. The largest absolute Gasteiger partial charge is 0.399 e. The van der Waals surface area contributed by atoms with E-state index in [9.17, 15) is 8.42 Å². The molecule has 2 saturated carbocycles. The second-order valence-electron chi connectivity index (χ2n) is 17.5. The number of nitrogen functional groups attached to an aromatic ring is 1. The first-order valence-electron chi connectivity index (χ1n) is 21.2. The highest BCUT2D eigenvalue weighted by molar-refractivity contribution is 7.92. The van der Waals surface area contributed by atoms with Gasteiger partial charge in [-0.1, -0.05) is 90.5 Å². The van der Waals surface area contributed by atoms with E-state index < -0.39 is 10.0 Å². The Balaban J connectivity index is 0.000000191. The molecule has 2 aliphatic heterocycles. The number of rotatable bonds is 15. The maximum Gasteiger partial charge on any atom is 0.280 e. The van der Waals surface area contributed by atoms with Crippen LogP contribution in [0.1, 0.15) is 97.3 Å². The lowest BCUT2D eigenvalue weighted by atomic mass is 9.92. The maximum absolute atomic E-state index is 12.6. The van der Waals surface area contributed by atoms with Crippen molar-refractivity contribution < 1.29 is 9.84 Å². The number of aryl methyl sites for hydroxylation is 3. The van der Waals surface area contributed by atoms with Gasteiger partial charge in [-0.2, -0.15) is 8.42 Å². The zero-order valence-corrected chi connectivity index (χ0v) is 35.9. The molecule has 4 fully saturated rings. The Morgan fingerprint density at radius 1 is 0.732 bits per heavy atom. The van der Waals surface area contributed by atoms with E-state index in [0.29, 0.717) is 22.9 Å². The molecule has 0 radical (unpaired) electrons. The molecular formula is C45H70N8O2S. The minimum Gasteiger partial charge on any atom is -0.399 e. The van der Waals surface area contributed by atoms with Crippen LogP contribution in [0, 0.1) is 30.6 Å². The molecule has 2 aromatic heterocycles. The predicted molar refractivity (Wildman–Crippen MR) is 231 cm³/mol. The van der Waals surface area contributed by atoms with Crippen LogP contribution in [0.2, 0.25) is 0 Å². The zero-order chi connectivity index (χ0) is 40.1. The van der Waals surface area contributed by atoms with Crippen molar-refractivity contribution in [2.75, 3.05) is 49.7 Å². The standard InChI is InChI=1S/C22H32N4O2S.C18H28N2.C5H8N2.H2/c1-4-5-6-7-11-26-13-19-20(14-26)22(19,2)17-9-8-10-18(12-17)24-29(27,28)21-15-25(3)16-23-21;1-3-4-5-6-10-20-12-16-17(13-20)18(16,2)14-8-7-9-15(19)11-14;1-5-3-7(2)4-6-5;/h8-10,12,15-16,19-20,24H,4-7,11,13-14H2,1-3H3;7-9,11,16-17H,3-6,10,12-13,19H2,1-2H3;3-4H,1-2H3;1H. The molecule has 2 saturated heterocycles. The Hall–Kier alpha value is -3.67. The fourth-order valence-corrected chi connectivity index (χ4v) is 10.8. The van der Waals surface area contributed by atoms with E-state index in [2.05, 4.69) is 76.5 Å². The van der Waals surface area contributed by atoms with Crippen molar-refractivity contribution in [3.8, 4) is 0 Å². The summed E-state index contributed by atoms with van der Waals surface area (Å²) in [5, 5.41) is 0.0404. The van der Waals surface area contributed by atoms with Gasteiger partial charge in [0.1, 0.15) is 0 Å². The number of sulfonamides is 1. The van der Waals surface area contributed by atoms with Crippen LogP contribution in [0.25, 0.3) is 0 Å². The Bertz CT molecular complexity index is 1950. The first-order chi connectivity index (χ1) is 26.8. The summed E-state index contributed by atoms with van der Waals surface area (Å²) in [6.45, 7) is 18.7. The average Bonchev–Trinajstić information content (AvgIpc) is 3.65. The fraction of sp³-hybridized carbons (Fsp3) is 0.600. The van der Waals surface area contributed by atoms with Crippen LogP contribution in [0.3, 0.4) is 0 Å². The quantitative estimate of drug-likeness (QED) is 0.0922. The SMILES string of the molecule is CCCCCCN1CC2C(C1)C2(C)c1cccc(N)c1.CCCCCCN1CC2C(C1)C2(C)c1cccc(NS(=O)(=O)c2cn(C)cn2)c1.Cc1cn(C)cn1.[HH]. The predicted octanol–water partition coefficient (Wildman–Crippen LogP) is 8.26. The van der Waals surface area contributed by atoms with E-state index in [1.807, 2.05) is 49.0 Å². The molecule has 3 N–H and O–H groups in total. The highest BCUT2D eigenvalue weighted by Gasteiger charge is 2.66. The number of aromatic nitrogens is 4. The number of nitrogens with two attached hydrogens (primary N) is 1. The Labute approximate surface area is 338 Å². The second kappa shape index (κ2) is 17.9. The molecular weight excluding hydrogens is 717 g/mol. The normalized spacial score (nSPS) is 26.4. The van der Waals surface area contributed by atoms with Crippen molar-refractivity contribution in [3.63, 3.8) is 0 Å². The molecule has 8 rings (SSSR count). The number of nitrogens with zero attached hydrogens (tertiary/aromatic N) is 6. The molecule has 10 nitrogen and oxygen atoms in total. The fourth-order valence-electron chi connectivity index (χ4n) is 9.74. The number of imidazole rings is 2. The Kier molecular flexibility index (Phi) is 13.4. The van der Waals surface area contributed by atoms with Gasteiger partial charge in [-0.15, -0.1) is 0 Å². The molecule has 308 valence electrons. The van der Waals surface area contributed by atoms with Gasteiger partial charge in [-0.3, -0.25) is 4.72 Å². The number of hydrogen-bond donors (Lipinski definition) is 2. The number of fused-ring (bicyclic) bond motifs is 2. The first kappa shape index (κ1) is 41.9. The lowest BCUT2D eigenvalue weighted by Gasteiger charge is -2.24. The van der Waals surface area contributed by atoms with Gasteiger partial charge < -0.3 is 24.7 Å². The minimum atomic E-state index is -3.67. The van der Waals surface area contributed by atoms with E-state index in [0.717, 1.165) is 36.3 Å². The third-order valence-electron chi connectivity index (χ3n) is 13.3. The van der Waals surface area contributed by atoms with Crippen LogP contribution in [0.4, 0.5) is 11.4 Å². The molecule has 0 amide bonds. The van der Waals surface area contributed by atoms with Crippen LogP contribution in [0.5, 0.6) is 0 Å². The van der Waals surface area contributed by atoms with Gasteiger partial charge in [0.05, 0.1) is 18.3 Å². The van der Waals surface area contributed by atoms with Crippen LogP contribution in [-0.4, -0.2) is 76.6 Å². The first-order valence-corrected chi connectivity index (χ1v) is 22.6. The molecule has 2 aromatic carbocycles. The van der Waals surface area contributed by atoms with Gasteiger partial charge in [0, 0.05) is 76.3 Å². The van der Waals surface area contributed by atoms with Gasteiger partial charge in [0.15, 0.2) is 5.03 Å². The van der Waals surface area contributed by atoms with Crippen molar-refractivity contribution in [1.29, 1.82) is 0 Å². The van der Waals surface area contributed by atoms with Gasteiger partial charge in [0.25, 0.3) is 10.0 Å². The molecule has 56 heavy (non-hydrogen) atoms. The maximum atomic E-state index is 12.6. The van der Waals surface area contributed by atoms with E-state index in [1.54, 1.807) is 17.9 Å². The van der Waals surface area contributed by atoms with Gasteiger partial charge in [-0.25, -0.2) is 9.97 Å². The number of anilines is 2. The van der Waals surface area contributed by atoms with Crippen LogP contribution < -0.4 is 10.5 Å². The van der Waals surface area contributed by atoms with Crippen molar-refractivity contribution in [1.82, 2.24) is 28.9 Å². The van der Waals surface area contributed by atoms with Gasteiger partial charge >= 0.3 is 0 Å². The molecule has 2 aliphatic carbocycles. The minimum absolute atomic E-state index is 0. The molecule has 0 bridgehead atoms. The molecule has 4 aromatic rings. The molecule has 4 unspecified atom stereocenters. The smallest absolute Gasteiger partial charge is 0.280 e. The summed E-state index contributed by atoms with van der Waals surface area (Å²) in [7, 11) is 0.0477. The number of unbranched alkanes of at least 4 members (excludes halogenated alkanes) is 6. The average molecular weight is 787 g/mol. The van der Waals surface area contributed by atoms with Crippen molar-refractivity contribution in [2.24, 2.45) is 37.8 Å². The van der Waals surface area contributed by atoms with Gasteiger partial charge in [0.2, 0.25) is 0 Å². The van der Waals surface area contributed by atoms with E-state index in [4.69, 9.17) is 5.73 Å². The van der Waals surface area contributed by atoms with E-state index in [1.165, 1.54) is 101 Å². The van der Waals surface area contributed by atoms with Crippen molar-refractivity contribution in [3.05, 3.63) is 90.4 Å². The highest BCUT2D eigenvalue weighted by atomic mass is 32.2. The number of nitrogens with one attached hydrogen (secondary N) is 1. The number of benzene rings is 2. The monoisotopic (exact) mass is 787 g/mol. The third-order valence-corrected chi connectivity index (χ3v) is 14.6. The number of likely N-dealkylation sites (tertiary alicyclic amines) is 2. The molecule has 4 atom stereocenters. The van der Waals surface area contributed by atoms with Gasteiger partial charge in [-0.05, 0) is 91.9 Å². The van der Waals surface area contributed by atoms with Crippen LogP contribution in [0.15, 0.2) is 78.6 Å². The summed E-state index contributed by atoms with van der Waals surface area (Å²) in [5.74, 6) is 3.07. The Morgan fingerprint density at radius 2 is 1.23 bits per heavy atom. The molecule has 4 aliphatic rings. The topological polar surface area (TPSA) is 114 Å². The van der Waals surface area contributed by atoms with Crippen LogP contribution >= 0.6 is 0 Å². The second-order valence-corrected chi connectivity index (χ2v) is 19.1. The molecule has 0 spiro atoms. The number of piperidine rings is 2. The lowest BCUT2D eigenvalue weighted by Crippen LogP contribution is -2.30. The molecule has 11 heteroatoms. The lowest BCUT2D eigenvalue weighted by molar-refractivity contribution is 0.271. The summed E-state index contributed by atoms with van der Waals surface area (Å²) < 4.78 is 31.4. The van der Waals surface area contributed by atoms with Crippen molar-refractivity contribution in [2.45, 2.75) is 102 Å². The van der Waals surface area contributed by atoms with Crippen molar-refractivity contribution >= 4 is 21.4 Å². The summed E-state index contributed by atoms with van der Waals surface area (Å²) in [4.78, 5) is 13.2. The Morgan fingerprint density at radius 3 is 1.66 bits per heavy atom. The summed E-state index contributed by atoms with van der Waals surface area (Å²) in [6, 6.07) is 16.5.